The Balaban J connectivity index is 1.26. The summed E-state index contributed by atoms with van der Waals surface area (Å²) in [5, 5.41) is 15.0. The van der Waals surface area contributed by atoms with Gasteiger partial charge in [-0.1, -0.05) is 78.9 Å². The maximum atomic E-state index is 12.3. The number of anilines is 1. The fourth-order valence-corrected chi connectivity index (χ4v) is 4.86. The number of rotatable bonds is 7. The normalized spacial score (nSPS) is 13.8. The first-order valence-corrected chi connectivity index (χ1v) is 11.9. The average Bonchev–Trinajstić information content (AvgIpc) is 3.57. The van der Waals surface area contributed by atoms with Crippen LogP contribution in [0.4, 0.5) is 9.80 Å². The smallest absolute Gasteiger partial charge is 0.412 e. The molecule has 1 fully saturated rings. The second kappa shape index (κ2) is 9.15. The highest BCUT2D eigenvalue weighted by atomic mass is 32.1. The zero-order valence-corrected chi connectivity index (χ0v) is 19.2. The Bertz CT molecular complexity index is 1310. The summed E-state index contributed by atoms with van der Waals surface area (Å²) in [6.07, 6.45) is 0.916. The Morgan fingerprint density at radius 3 is 2.09 bits per heavy atom. The van der Waals surface area contributed by atoms with Crippen molar-refractivity contribution in [2.24, 2.45) is 0 Å². The number of amides is 1. The number of carbonyl (C=O) groups is 2. The molecule has 5 nitrogen and oxygen atoms in total. The minimum Gasteiger partial charge on any atom is -0.481 e. The molecule has 34 heavy (non-hydrogen) atoms. The molecule has 0 saturated heterocycles. The number of aliphatic carboxylic acids is 1. The van der Waals surface area contributed by atoms with E-state index in [4.69, 9.17) is 4.74 Å². The van der Waals surface area contributed by atoms with Crippen LogP contribution < -0.4 is 5.32 Å². The topological polar surface area (TPSA) is 75.6 Å². The number of carboxylic acid groups (broad SMARTS) is 1. The van der Waals surface area contributed by atoms with Crippen molar-refractivity contribution in [1.29, 1.82) is 0 Å². The third kappa shape index (κ3) is 4.45. The van der Waals surface area contributed by atoms with Crippen molar-refractivity contribution in [2.75, 3.05) is 5.32 Å². The standard InChI is InChI=1S/C28H23NO4S/c30-26(31)28(15-16-28)23-12-10-21(11-13-23)20-6-8-22(9-7-20)24-14-17-34-25(24)29-27(32)33-18-19-4-2-1-3-5-19/h1-14,17H,15-16,18H2,(H,29,32)(H,30,31). The van der Waals surface area contributed by atoms with E-state index in [1.165, 1.54) is 11.3 Å². The van der Waals surface area contributed by atoms with Crippen LogP contribution in [0.25, 0.3) is 22.3 Å². The van der Waals surface area contributed by atoms with Crippen LogP contribution >= 0.6 is 11.3 Å². The zero-order valence-electron chi connectivity index (χ0n) is 18.4. The van der Waals surface area contributed by atoms with Gasteiger partial charge in [0.05, 0.1) is 5.41 Å². The Labute approximate surface area is 201 Å². The molecule has 0 radical (unpaired) electrons. The molecule has 1 amide bonds. The van der Waals surface area contributed by atoms with Gasteiger partial charge < -0.3 is 9.84 Å². The summed E-state index contributed by atoms with van der Waals surface area (Å²) in [6, 6.07) is 27.4. The number of ether oxygens (including phenoxy) is 1. The van der Waals surface area contributed by atoms with Crippen LogP contribution in [0.2, 0.25) is 0 Å². The van der Waals surface area contributed by atoms with Gasteiger partial charge in [-0.3, -0.25) is 10.1 Å². The summed E-state index contributed by atoms with van der Waals surface area (Å²) in [5.41, 5.74) is 5.11. The van der Waals surface area contributed by atoms with Crippen molar-refractivity contribution in [2.45, 2.75) is 24.9 Å². The van der Waals surface area contributed by atoms with E-state index in [9.17, 15) is 14.7 Å². The van der Waals surface area contributed by atoms with Gasteiger partial charge in [-0.15, -0.1) is 11.3 Å². The molecule has 0 spiro atoms. The predicted molar refractivity (Wildman–Crippen MR) is 134 cm³/mol. The Morgan fingerprint density at radius 2 is 1.47 bits per heavy atom. The van der Waals surface area contributed by atoms with Crippen molar-refractivity contribution in [3.8, 4) is 22.3 Å². The van der Waals surface area contributed by atoms with E-state index in [1.807, 2.05) is 90.3 Å². The van der Waals surface area contributed by atoms with Crippen LogP contribution in [-0.2, 0) is 21.6 Å². The molecule has 5 rings (SSSR count). The van der Waals surface area contributed by atoms with Crippen LogP contribution in [0, 0.1) is 0 Å². The van der Waals surface area contributed by atoms with Gasteiger partial charge in [-0.2, -0.15) is 0 Å². The van der Waals surface area contributed by atoms with Crippen molar-refractivity contribution in [1.82, 2.24) is 0 Å². The molecule has 1 aromatic heterocycles. The maximum Gasteiger partial charge on any atom is 0.412 e. The SMILES string of the molecule is O=C(Nc1sccc1-c1ccc(-c2ccc(C3(C(=O)O)CC3)cc2)cc1)OCc1ccccc1. The maximum absolute atomic E-state index is 12.3. The summed E-state index contributed by atoms with van der Waals surface area (Å²) >= 11 is 1.45. The molecule has 6 heteroatoms. The predicted octanol–water partition coefficient (Wildman–Crippen LogP) is 6.95. The first kappa shape index (κ1) is 21.9. The summed E-state index contributed by atoms with van der Waals surface area (Å²) in [5.74, 6) is -0.742. The van der Waals surface area contributed by atoms with Gasteiger partial charge in [-0.25, -0.2) is 4.79 Å². The summed E-state index contributed by atoms with van der Waals surface area (Å²) in [4.78, 5) is 23.8. The lowest BCUT2D eigenvalue weighted by Gasteiger charge is -2.11. The van der Waals surface area contributed by atoms with E-state index < -0.39 is 17.5 Å². The summed E-state index contributed by atoms with van der Waals surface area (Å²) in [7, 11) is 0. The zero-order chi connectivity index (χ0) is 23.5. The molecule has 1 saturated carbocycles. The summed E-state index contributed by atoms with van der Waals surface area (Å²) in [6.45, 7) is 0.217. The molecule has 0 aliphatic heterocycles. The first-order valence-electron chi connectivity index (χ1n) is 11.1. The monoisotopic (exact) mass is 469 g/mol. The molecule has 0 atom stereocenters. The largest absolute Gasteiger partial charge is 0.481 e. The van der Waals surface area contributed by atoms with Gasteiger partial charge in [0, 0.05) is 5.56 Å². The van der Waals surface area contributed by atoms with Gasteiger partial charge in [0.1, 0.15) is 11.6 Å². The molecular weight excluding hydrogens is 446 g/mol. The first-order chi connectivity index (χ1) is 16.5. The molecule has 1 aliphatic rings. The minimum absolute atomic E-state index is 0.217. The van der Waals surface area contributed by atoms with Crippen molar-refractivity contribution in [3.63, 3.8) is 0 Å². The molecule has 3 aromatic carbocycles. The van der Waals surface area contributed by atoms with Crippen molar-refractivity contribution in [3.05, 3.63) is 101 Å². The Kier molecular flexibility index (Phi) is 5.90. The molecule has 1 heterocycles. The van der Waals surface area contributed by atoms with Crippen LogP contribution in [0.1, 0.15) is 24.0 Å². The highest BCUT2D eigenvalue weighted by molar-refractivity contribution is 7.15. The van der Waals surface area contributed by atoms with Crippen molar-refractivity contribution >= 4 is 28.4 Å². The number of hydrogen-bond acceptors (Lipinski definition) is 4. The van der Waals surface area contributed by atoms with Crippen LogP contribution in [0.3, 0.4) is 0 Å². The van der Waals surface area contributed by atoms with Gasteiger partial charge >= 0.3 is 12.1 Å². The number of hydrogen-bond donors (Lipinski definition) is 2. The number of thiophene rings is 1. The third-order valence-corrected chi connectivity index (χ3v) is 7.05. The second-order valence-electron chi connectivity index (χ2n) is 8.39. The number of nitrogens with one attached hydrogen (secondary N) is 1. The lowest BCUT2D eigenvalue weighted by molar-refractivity contribution is -0.140. The molecule has 0 unspecified atom stereocenters. The molecule has 2 N–H and O–H groups in total. The van der Waals surface area contributed by atoms with E-state index in [1.54, 1.807) is 0 Å². The van der Waals surface area contributed by atoms with E-state index in [2.05, 4.69) is 5.32 Å². The van der Waals surface area contributed by atoms with E-state index in [-0.39, 0.29) is 6.61 Å². The fraction of sp³-hybridized carbons (Fsp3) is 0.143. The van der Waals surface area contributed by atoms with Gasteiger partial charge in [0.15, 0.2) is 0 Å². The molecule has 1 aliphatic carbocycles. The van der Waals surface area contributed by atoms with Gasteiger partial charge in [0.2, 0.25) is 0 Å². The van der Waals surface area contributed by atoms with Crippen LogP contribution in [0.5, 0.6) is 0 Å². The van der Waals surface area contributed by atoms with Gasteiger partial charge in [-0.05, 0) is 52.1 Å². The summed E-state index contributed by atoms with van der Waals surface area (Å²) < 4.78 is 5.34. The molecule has 0 bridgehead atoms. The third-order valence-electron chi connectivity index (χ3n) is 6.22. The Hall–Kier alpha value is -3.90. The van der Waals surface area contributed by atoms with Crippen LogP contribution in [0.15, 0.2) is 90.3 Å². The Morgan fingerprint density at radius 1 is 0.853 bits per heavy atom. The highest BCUT2D eigenvalue weighted by Gasteiger charge is 2.51. The lowest BCUT2D eigenvalue weighted by Crippen LogP contribution is -2.19. The molecule has 170 valence electrons. The quantitative estimate of drug-likeness (QED) is 0.307. The number of benzene rings is 3. The number of carboxylic acids is 1. The van der Waals surface area contributed by atoms with Crippen molar-refractivity contribution < 1.29 is 19.4 Å². The van der Waals surface area contributed by atoms with E-state index in [0.717, 1.165) is 38.4 Å². The van der Waals surface area contributed by atoms with Crippen LogP contribution in [-0.4, -0.2) is 17.2 Å². The minimum atomic E-state index is -0.742. The van der Waals surface area contributed by atoms with Gasteiger partial charge in [0.25, 0.3) is 0 Å². The fourth-order valence-electron chi connectivity index (χ4n) is 4.06. The molecular formula is C28H23NO4S. The van der Waals surface area contributed by atoms with E-state index in [0.29, 0.717) is 12.8 Å². The number of carbonyl (C=O) groups excluding carboxylic acids is 1. The highest BCUT2D eigenvalue weighted by Crippen LogP contribution is 2.48. The van der Waals surface area contributed by atoms with E-state index >= 15 is 0 Å². The second-order valence-corrected chi connectivity index (χ2v) is 9.31. The lowest BCUT2D eigenvalue weighted by atomic mass is 9.93. The average molecular weight is 470 g/mol. The molecule has 4 aromatic rings.